The average molecular weight is 475 g/mol. The number of carbonyl (C=O) groups is 2. The van der Waals surface area contributed by atoms with Gasteiger partial charge in [0.05, 0.1) is 13.5 Å². The number of Topliss-reactive ketones (excluding diaryl/α,β-unsaturated/α-hetero) is 1. The van der Waals surface area contributed by atoms with Gasteiger partial charge in [-0.25, -0.2) is 4.79 Å². The van der Waals surface area contributed by atoms with Crippen molar-refractivity contribution in [2.24, 2.45) is 0 Å². The summed E-state index contributed by atoms with van der Waals surface area (Å²) in [5.74, 6) is -1.18. The Bertz CT molecular complexity index is 1070. The highest BCUT2D eigenvalue weighted by atomic mass is 32.1. The Morgan fingerprint density at radius 2 is 2.03 bits per heavy atom. The molecule has 1 unspecified atom stereocenters. The lowest BCUT2D eigenvalue weighted by Gasteiger charge is -2.11. The number of allylic oxidation sites excluding steroid dienone is 2. The lowest BCUT2D eigenvalue weighted by atomic mass is 9.99. The molecule has 0 aliphatic heterocycles. The molecule has 0 aliphatic rings. The highest BCUT2D eigenvalue weighted by Crippen LogP contribution is 2.27. The van der Waals surface area contributed by atoms with E-state index in [1.165, 1.54) is 24.5 Å². The van der Waals surface area contributed by atoms with Crippen molar-refractivity contribution in [1.82, 2.24) is 0 Å². The molecule has 2 heterocycles. The number of thiophene rings is 1. The van der Waals surface area contributed by atoms with Gasteiger partial charge in [-0.15, -0.1) is 11.3 Å². The molecule has 0 amide bonds. The molecular formula is C25H30O7S. The molecule has 0 aliphatic carbocycles. The van der Waals surface area contributed by atoms with E-state index < -0.39 is 17.2 Å². The summed E-state index contributed by atoms with van der Waals surface area (Å²) in [6, 6.07) is 5.14. The van der Waals surface area contributed by atoms with Crippen molar-refractivity contribution in [3.63, 3.8) is 0 Å². The minimum atomic E-state index is -0.870. The number of carbonyl (C=O) groups excluding carboxylic acids is 2. The first-order valence-corrected chi connectivity index (χ1v) is 11.6. The fourth-order valence-corrected chi connectivity index (χ4v) is 4.21. The van der Waals surface area contributed by atoms with Gasteiger partial charge in [0.1, 0.15) is 17.1 Å². The second kappa shape index (κ2) is 12.9. The van der Waals surface area contributed by atoms with Crippen LogP contribution in [0.4, 0.5) is 0 Å². The average Bonchev–Trinajstić information content (AvgIpc) is 3.23. The number of rotatable bonds is 12. The fraction of sp³-hybridized carbons (Fsp3) is 0.400. The van der Waals surface area contributed by atoms with Crippen LogP contribution in [0.2, 0.25) is 0 Å². The molecule has 0 saturated carbocycles. The van der Waals surface area contributed by atoms with Crippen LogP contribution in [-0.2, 0) is 16.0 Å². The molecule has 2 N–H and O–H groups in total. The van der Waals surface area contributed by atoms with Crippen LogP contribution in [0.1, 0.15) is 71.3 Å². The zero-order chi connectivity index (χ0) is 24.4. The summed E-state index contributed by atoms with van der Waals surface area (Å²) in [5, 5.41) is 19.4. The van der Waals surface area contributed by atoms with Crippen LogP contribution in [0, 0.1) is 0 Å². The predicted octanol–water partition coefficient (Wildman–Crippen LogP) is 4.62. The van der Waals surface area contributed by atoms with Crippen molar-refractivity contribution in [2.45, 2.75) is 51.9 Å². The summed E-state index contributed by atoms with van der Waals surface area (Å²) in [7, 11) is 1.33. The topological polar surface area (TPSA) is 114 Å². The minimum Gasteiger partial charge on any atom is -0.507 e. The molecule has 2 aromatic rings. The number of methoxy groups -OCH3 is 1. The number of aliphatic hydroxyl groups excluding tert-OH is 1. The highest BCUT2D eigenvalue weighted by molar-refractivity contribution is 7.12. The van der Waals surface area contributed by atoms with E-state index in [-0.39, 0.29) is 30.5 Å². The quantitative estimate of drug-likeness (QED) is 0.200. The molecule has 0 saturated heterocycles. The molecule has 0 spiro atoms. The first-order valence-electron chi connectivity index (χ1n) is 10.8. The number of aliphatic hydroxyl groups is 1. The Labute approximate surface area is 197 Å². The number of hydrogen-bond acceptors (Lipinski definition) is 8. The number of aryl methyl sites for hydroxylation is 1. The SMILES string of the molecule is COC(=O)C/C=C/CCC(C)c1cc(O)c(C(=O)C(C)=Cc2ccc(CCCO)s2)c(=O)o1. The molecule has 1 atom stereocenters. The third-order valence-corrected chi connectivity index (χ3v) is 6.18. The Balaban J connectivity index is 2.09. The molecule has 2 aromatic heterocycles. The van der Waals surface area contributed by atoms with E-state index in [2.05, 4.69) is 4.74 Å². The molecule has 8 heteroatoms. The number of ketones is 1. The molecular weight excluding hydrogens is 444 g/mol. The van der Waals surface area contributed by atoms with Gasteiger partial charge in [0.2, 0.25) is 0 Å². The molecule has 0 aromatic carbocycles. The van der Waals surface area contributed by atoms with E-state index in [0.29, 0.717) is 30.6 Å². The Hall–Kier alpha value is -2.97. The maximum absolute atomic E-state index is 12.8. The maximum Gasteiger partial charge on any atom is 0.351 e. The predicted molar refractivity (Wildman–Crippen MR) is 128 cm³/mol. The summed E-state index contributed by atoms with van der Waals surface area (Å²) < 4.78 is 9.91. The maximum atomic E-state index is 12.8. The van der Waals surface area contributed by atoms with Crippen LogP contribution >= 0.6 is 11.3 Å². The van der Waals surface area contributed by atoms with Crippen LogP contribution < -0.4 is 5.63 Å². The summed E-state index contributed by atoms with van der Waals surface area (Å²) in [6.45, 7) is 3.56. The zero-order valence-electron chi connectivity index (χ0n) is 19.1. The van der Waals surface area contributed by atoms with Crippen molar-refractivity contribution in [3.8, 4) is 5.75 Å². The second-order valence-corrected chi connectivity index (χ2v) is 8.91. The third-order valence-electron chi connectivity index (χ3n) is 5.09. The normalized spacial score (nSPS) is 12.8. The van der Waals surface area contributed by atoms with Gasteiger partial charge in [0.15, 0.2) is 5.78 Å². The molecule has 33 heavy (non-hydrogen) atoms. The van der Waals surface area contributed by atoms with E-state index in [0.717, 1.165) is 16.2 Å². The number of aromatic hydroxyl groups is 1. The number of esters is 1. The second-order valence-electron chi connectivity index (χ2n) is 7.71. The molecule has 0 bridgehead atoms. The monoisotopic (exact) mass is 474 g/mol. The van der Waals surface area contributed by atoms with Gasteiger partial charge < -0.3 is 19.4 Å². The minimum absolute atomic E-state index is 0.121. The van der Waals surface area contributed by atoms with E-state index in [9.17, 15) is 19.5 Å². The van der Waals surface area contributed by atoms with Crippen molar-refractivity contribution in [1.29, 1.82) is 0 Å². The first kappa shape index (κ1) is 26.3. The molecule has 2 rings (SSSR count). The van der Waals surface area contributed by atoms with Gasteiger partial charge in [0.25, 0.3) is 0 Å². The van der Waals surface area contributed by atoms with Crippen LogP contribution in [0.15, 0.2) is 45.1 Å². The van der Waals surface area contributed by atoms with E-state index >= 15 is 0 Å². The summed E-state index contributed by atoms with van der Waals surface area (Å²) in [5.41, 5.74) is -0.940. The molecule has 0 fully saturated rings. The van der Waals surface area contributed by atoms with Gasteiger partial charge in [-0.3, -0.25) is 9.59 Å². The molecule has 178 valence electrons. The van der Waals surface area contributed by atoms with Gasteiger partial charge in [-0.05, 0) is 56.4 Å². The fourth-order valence-electron chi connectivity index (χ4n) is 3.16. The Morgan fingerprint density at radius 3 is 2.70 bits per heavy atom. The van der Waals surface area contributed by atoms with Crippen LogP contribution in [0.5, 0.6) is 5.75 Å². The standard InChI is InChI=1S/C25H30O7S/c1-16(8-5-4-6-10-22(28)31-3)21-15-20(27)23(25(30)32-21)24(29)17(2)14-19-12-11-18(33-19)9-7-13-26/h4,6,11-12,14-16,26-27H,5,7-10,13H2,1-3H3/b6-4+,17-14?. The van der Waals surface area contributed by atoms with E-state index in [1.54, 1.807) is 19.1 Å². The smallest absolute Gasteiger partial charge is 0.351 e. The zero-order valence-corrected chi connectivity index (χ0v) is 19.9. The van der Waals surface area contributed by atoms with Crippen LogP contribution in [0.3, 0.4) is 0 Å². The van der Waals surface area contributed by atoms with Gasteiger partial charge >= 0.3 is 11.6 Å². The van der Waals surface area contributed by atoms with Gasteiger partial charge in [-0.1, -0.05) is 19.1 Å². The number of hydrogen-bond donors (Lipinski definition) is 2. The lowest BCUT2D eigenvalue weighted by Crippen LogP contribution is -2.16. The Morgan fingerprint density at radius 1 is 1.27 bits per heavy atom. The summed E-state index contributed by atoms with van der Waals surface area (Å²) in [4.78, 5) is 38.4. The summed E-state index contributed by atoms with van der Waals surface area (Å²) >= 11 is 1.51. The van der Waals surface area contributed by atoms with Crippen molar-refractivity contribution < 1.29 is 29.0 Å². The number of ether oxygens (including phenoxy) is 1. The lowest BCUT2D eigenvalue weighted by molar-refractivity contribution is -0.139. The molecule has 7 nitrogen and oxygen atoms in total. The summed E-state index contributed by atoms with van der Waals surface area (Å²) in [6.07, 6.45) is 8.13. The molecule has 0 radical (unpaired) electrons. The first-order chi connectivity index (χ1) is 15.8. The van der Waals surface area contributed by atoms with Gasteiger partial charge in [-0.2, -0.15) is 0 Å². The largest absolute Gasteiger partial charge is 0.507 e. The Kier molecular flexibility index (Phi) is 10.3. The van der Waals surface area contributed by atoms with Crippen molar-refractivity contribution >= 4 is 29.2 Å². The van der Waals surface area contributed by atoms with E-state index in [1.807, 2.05) is 25.1 Å². The van der Waals surface area contributed by atoms with Crippen molar-refractivity contribution in [2.75, 3.05) is 13.7 Å². The van der Waals surface area contributed by atoms with E-state index in [4.69, 9.17) is 9.52 Å². The van der Waals surface area contributed by atoms with Crippen molar-refractivity contribution in [3.05, 3.63) is 67.4 Å². The third kappa shape index (κ3) is 7.83. The van der Waals surface area contributed by atoms with Crippen LogP contribution in [-0.4, -0.2) is 35.7 Å². The van der Waals surface area contributed by atoms with Gasteiger partial charge in [0, 0.05) is 28.3 Å². The highest BCUT2D eigenvalue weighted by Gasteiger charge is 2.22. The van der Waals surface area contributed by atoms with Crippen LogP contribution in [0.25, 0.3) is 6.08 Å².